The number of carbonyl (C=O) groups is 1. The van der Waals surface area contributed by atoms with Crippen LogP contribution in [0.4, 0.5) is 5.69 Å². The summed E-state index contributed by atoms with van der Waals surface area (Å²) in [7, 11) is 0. The van der Waals surface area contributed by atoms with Gasteiger partial charge in [-0.25, -0.2) is 0 Å². The molecule has 0 aliphatic carbocycles. The Balaban J connectivity index is 2.05. The smallest absolute Gasteiger partial charge is 0.248 e. The van der Waals surface area contributed by atoms with Crippen LogP contribution in [-0.2, 0) is 4.79 Å². The van der Waals surface area contributed by atoms with Gasteiger partial charge in [-0.1, -0.05) is 41.4 Å². The molecule has 0 aliphatic rings. The van der Waals surface area contributed by atoms with Crippen molar-refractivity contribution in [1.82, 2.24) is 0 Å². The summed E-state index contributed by atoms with van der Waals surface area (Å²) in [6.07, 6.45) is 3.11. The molecule has 0 heterocycles. The first kappa shape index (κ1) is 14.2. The van der Waals surface area contributed by atoms with Crippen LogP contribution in [0.15, 0.2) is 48.5 Å². The van der Waals surface area contributed by atoms with Gasteiger partial charge in [-0.15, -0.1) is 0 Å². The van der Waals surface area contributed by atoms with E-state index in [1.54, 1.807) is 12.1 Å². The number of amides is 1. The second-order valence-corrected chi connectivity index (χ2v) is 4.83. The number of phenols is 1. The number of nitrogens with one attached hydrogen (secondary N) is 1. The zero-order valence-electron chi connectivity index (χ0n) is 10.9. The van der Waals surface area contributed by atoms with Crippen LogP contribution < -0.4 is 5.32 Å². The van der Waals surface area contributed by atoms with Crippen molar-refractivity contribution in [3.05, 3.63) is 64.7 Å². The lowest BCUT2D eigenvalue weighted by Crippen LogP contribution is -2.07. The normalized spacial score (nSPS) is 10.7. The number of aryl methyl sites for hydroxylation is 1. The lowest BCUT2D eigenvalue weighted by molar-refractivity contribution is -0.111. The van der Waals surface area contributed by atoms with E-state index in [0.717, 1.165) is 11.1 Å². The van der Waals surface area contributed by atoms with E-state index >= 15 is 0 Å². The number of halogens is 1. The minimum atomic E-state index is -0.330. The second-order valence-electron chi connectivity index (χ2n) is 4.39. The third kappa shape index (κ3) is 3.87. The Morgan fingerprint density at radius 1 is 1.20 bits per heavy atom. The number of carbonyl (C=O) groups excluding carboxylic acids is 1. The molecule has 0 radical (unpaired) electrons. The molecule has 0 aliphatic heterocycles. The van der Waals surface area contributed by atoms with Crippen LogP contribution in [0.5, 0.6) is 5.75 Å². The molecule has 102 valence electrons. The maximum atomic E-state index is 11.8. The number of aromatic hydroxyl groups is 1. The van der Waals surface area contributed by atoms with Gasteiger partial charge in [0.15, 0.2) is 0 Å². The Morgan fingerprint density at radius 3 is 2.60 bits per heavy atom. The van der Waals surface area contributed by atoms with Crippen LogP contribution in [0.3, 0.4) is 0 Å². The molecule has 2 rings (SSSR count). The molecule has 4 heteroatoms. The number of rotatable bonds is 3. The minimum absolute atomic E-state index is 0.0218. The number of anilines is 1. The lowest BCUT2D eigenvalue weighted by Gasteiger charge is -2.05. The van der Waals surface area contributed by atoms with Gasteiger partial charge < -0.3 is 10.4 Å². The van der Waals surface area contributed by atoms with Crippen molar-refractivity contribution < 1.29 is 9.90 Å². The molecule has 0 bridgehead atoms. The van der Waals surface area contributed by atoms with E-state index < -0.39 is 0 Å². The third-order valence-electron chi connectivity index (χ3n) is 2.72. The molecular weight excluding hydrogens is 274 g/mol. The zero-order chi connectivity index (χ0) is 14.5. The second kappa shape index (κ2) is 6.26. The first-order valence-corrected chi connectivity index (χ1v) is 6.46. The molecule has 1 amide bonds. The highest BCUT2D eigenvalue weighted by Gasteiger charge is 2.04. The van der Waals surface area contributed by atoms with Crippen LogP contribution in [-0.4, -0.2) is 11.0 Å². The van der Waals surface area contributed by atoms with E-state index in [4.69, 9.17) is 11.6 Å². The van der Waals surface area contributed by atoms with Crippen molar-refractivity contribution in [2.24, 2.45) is 0 Å². The van der Waals surface area contributed by atoms with E-state index in [9.17, 15) is 9.90 Å². The van der Waals surface area contributed by atoms with Gasteiger partial charge in [0.2, 0.25) is 5.91 Å². The molecule has 0 spiro atoms. The summed E-state index contributed by atoms with van der Waals surface area (Å²) < 4.78 is 0. The summed E-state index contributed by atoms with van der Waals surface area (Å²) in [5.41, 5.74) is 2.38. The summed E-state index contributed by atoms with van der Waals surface area (Å²) in [5.74, 6) is -0.352. The fraction of sp³-hybridized carbons (Fsp3) is 0.0625. The fourth-order valence-electron chi connectivity index (χ4n) is 1.63. The van der Waals surface area contributed by atoms with Crippen molar-refractivity contribution in [2.45, 2.75) is 6.92 Å². The number of hydrogen-bond donors (Lipinski definition) is 2. The quantitative estimate of drug-likeness (QED) is 0.662. The van der Waals surface area contributed by atoms with Gasteiger partial charge in [0.05, 0.1) is 5.69 Å². The van der Waals surface area contributed by atoms with E-state index in [2.05, 4.69) is 5.32 Å². The molecule has 0 atom stereocenters. The zero-order valence-corrected chi connectivity index (χ0v) is 11.7. The number of hydrogen-bond acceptors (Lipinski definition) is 2. The van der Waals surface area contributed by atoms with Crippen LogP contribution in [0.2, 0.25) is 5.02 Å². The number of phenolic OH excluding ortho intramolecular Hbond substituents is 1. The van der Waals surface area contributed by atoms with Crippen LogP contribution >= 0.6 is 11.6 Å². The average Bonchev–Trinajstić information content (AvgIpc) is 2.42. The standard InChI is InChI=1S/C16H14ClNO2/c1-11-2-4-12(5-3-11)6-9-16(20)18-14-10-13(17)7-8-15(14)19/h2-10,19H,1H3,(H,18,20)/b9-6+. The Morgan fingerprint density at radius 2 is 1.90 bits per heavy atom. The van der Waals surface area contributed by atoms with Crippen molar-refractivity contribution in [3.63, 3.8) is 0 Å². The Labute approximate surface area is 122 Å². The van der Waals surface area contributed by atoms with Gasteiger partial charge in [0.25, 0.3) is 0 Å². The highest BCUT2D eigenvalue weighted by Crippen LogP contribution is 2.26. The first-order chi connectivity index (χ1) is 9.54. The molecule has 2 aromatic carbocycles. The molecule has 3 nitrogen and oxygen atoms in total. The topological polar surface area (TPSA) is 49.3 Å². The van der Waals surface area contributed by atoms with Gasteiger partial charge in [-0.2, -0.15) is 0 Å². The average molecular weight is 288 g/mol. The Bertz CT molecular complexity index is 648. The molecule has 0 saturated carbocycles. The lowest BCUT2D eigenvalue weighted by atomic mass is 10.1. The van der Waals surface area contributed by atoms with E-state index in [-0.39, 0.29) is 17.3 Å². The monoisotopic (exact) mass is 287 g/mol. The predicted molar refractivity (Wildman–Crippen MR) is 82.0 cm³/mol. The largest absolute Gasteiger partial charge is 0.506 e. The minimum Gasteiger partial charge on any atom is -0.506 e. The molecule has 0 unspecified atom stereocenters. The van der Waals surface area contributed by atoms with E-state index in [1.807, 2.05) is 31.2 Å². The van der Waals surface area contributed by atoms with Gasteiger partial charge in [-0.05, 0) is 36.8 Å². The van der Waals surface area contributed by atoms with E-state index in [1.165, 1.54) is 18.2 Å². The summed E-state index contributed by atoms with van der Waals surface area (Å²) in [6, 6.07) is 12.3. The Hall–Kier alpha value is -2.26. The van der Waals surface area contributed by atoms with Gasteiger partial charge >= 0.3 is 0 Å². The molecular formula is C16H14ClNO2. The highest BCUT2D eigenvalue weighted by atomic mass is 35.5. The van der Waals surface area contributed by atoms with Crippen molar-refractivity contribution in [3.8, 4) is 5.75 Å². The van der Waals surface area contributed by atoms with Crippen LogP contribution in [0, 0.1) is 6.92 Å². The fourth-order valence-corrected chi connectivity index (χ4v) is 1.80. The summed E-state index contributed by atoms with van der Waals surface area (Å²) in [5, 5.41) is 12.6. The summed E-state index contributed by atoms with van der Waals surface area (Å²) in [6.45, 7) is 2.00. The molecule has 0 saturated heterocycles. The molecule has 2 N–H and O–H groups in total. The summed E-state index contributed by atoms with van der Waals surface area (Å²) in [4.78, 5) is 11.8. The van der Waals surface area contributed by atoms with E-state index in [0.29, 0.717) is 5.02 Å². The molecule has 0 aromatic heterocycles. The van der Waals surface area contributed by atoms with Gasteiger partial charge in [-0.3, -0.25) is 4.79 Å². The highest BCUT2D eigenvalue weighted by molar-refractivity contribution is 6.31. The van der Waals surface area contributed by atoms with Crippen molar-refractivity contribution in [1.29, 1.82) is 0 Å². The SMILES string of the molecule is Cc1ccc(/C=C/C(=O)Nc2cc(Cl)ccc2O)cc1. The molecule has 0 fully saturated rings. The van der Waals surface area contributed by atoms with Gasteiger partial charge in [0, 0.05) is 11.1 Å². The van der Waals surface area contributed by atoms with Gasteiger partial charge in [0.1, 0.15) is 5.75 Å². The van der Waals surface area contributed by atoms with Crippen LogP contribution in [0.25, 0.3) is 6.08 Å². The predicted octanol–water partition coefficient (Wildman–Crippen LogP) is 4.01. The summed E-state index contributed by atoms with van der Waals surface area (Å²) >= 11 is 5.81. The third-order valence-corrected chi connectivity index (χ3v) is 2.96. The van der Waals surface area contributed by atoms with Crippen LogP contribution in [0.1, 0.15) is 11.1 Å². The van der Waals surface area contributed by atoms with Crippen molar-refractivity contribution >= 4 is 29.3 Å². The maximum Gasteiger partial charge on any atom is 0.248 e. The number of benzene rings is 2. The first-order valence-electron chi connectivity index (χ1n) is 6.09. The Kier molecular flexibility index (Phi) is 4.43. The molecule has 20 heavy (non-hydrogen) atoms. The molecule has 2 aromatic rings. The maximum absolute atomic E-state index is 11.8. The van der Waals surface area contributed by atoms with Crippen molar-refractivity contribution in [2.75, 3.05) is 5.32 Å².